The van der Waals surface area contributed by atoms with Gasteiger partial charge in [-0.05, 0) is 103 Å². The van der Waals surface area contributed by atoms with E-state index in [0.29, 0.717) is 0 Å². The lowest BCUT2D eigenvalue weighted by Gasteiger charge is -2.38. The summed E-state index contributed by atoms with van der Waals surface area (Å²) in [6.45, 7) is -0.682. The molecule has 10 heteroatoms. The summed E-state index contributed by atoms with van der Waals surface area (Å²) < 4.78 is 26.5. The van der Waals surface area contributed by atoms with Gasteiger partial charge in [0.25, 0.3) is 0 Å². The minimum absolute atomic E-state index is 0.124. The zero-order chi connectivity index (χ0) is 39.4. The molecular weight excluding hydrogens is 930 g/mol. The molecule has 0 aliphatic carbocycles. The van der Waals surface area contributed by atoms with E-state index < -0.39 is 48.4 Å². The molecule has 0 saturated carbocycles. The van der Waals surface area contributed by atoms with Crippen LogP contribution in [0.2, 0.25) is 0 Å². The monoisotopic (exact) mass is 972 g/mol. The molecule has 0 bridgehead atoms. The third-order valence-electron chi connectivity index (χ3n) is 9.33. The molecule has 2 unspecified atom stereocenters. The summed E-state index contributed by atoms with van der Waals surface area (Å²) >= 11 is 4.48. The van der Waals surface area contributed by atoms with Gasteiger partial charge in [0.05, 0.1) is 25.0 Å². The number of benzene rings is 6. The molecule has 0 aliphatic rings. The van der Waals surface area contributed by atoms with Crippen LogP contribution < -0.4 is 11.5 Å². The molecule has 4 N–H and O–H groups in total. The fraction of sp³-hybridized carbons (Fsp3) is 0.174. The van der Waals surface area contributed by atoms with Gasteiger partial charge in [-0.2, -0.15) is 0 Å². The van der Waals surface area contributed by atoms with E-state index in [0.717, 1.165) is 40.5 Å². The van der Waals surface area contributed by atoms with E-state index in [1.54, 1.807) is 0 Å². The number of hydrogen-bond donors (Lipinski definition) is 2. The van der Waals surface area contributed by atoms with E-state index in [1.807, 2.05) is 170 Å². The van der Waals surface area contributed by atoms with Crippen molar-refractivity contribution in [2.45, 2.75) is 36.5 Å². The van der Waals surface area contributed by atoms with Gasteiger partial charge in [0.15, 0.2) is 11.4 Å². The number of carbonyl (C=O) groups is 2. The number of ether oxygens (including phenoxy) is 4. The number of hydrogen-bond acceptors (Lipinski definition) is 8. The second-order valence-corrected chi connectivity index (χ2v) is 15.9. The Bertz CT molecular complexity index is 1940. The first-order valence-corrected chi connectivity index (χ1v) is 20.2. The van der Waals surface area contributed by atoms with Gasteiger partial charge < -0.3 is 18.9 Å². The molecule has 6 rings (SSSR count). The zero-order valence-electron chi connectivity index (χ0n) is 30.5. The number of halogens is 2. The lowest BCUT2D eigenvalue weighted by molar-refractivity contribution is -0.181. The van der Waals surface area contributed by atoms with E-state index in [-0.39, 0.29) is 13.2 Å². The maximum absolute atomic E-state index is 13.6. The van der Waals surface area contributed by atoms with Crippen LogP contribution in [0, 0.1) is 7.14 Å². The second-order valence-electron chi connectivity index (χ2n) is 13.4. The van der Waals surface area contributed by atoms with Gasteiger partial charge in [0.1, 0.15) is 13.2 Å². The Balaban J connectivity index is 1.25. The van der Waals surface area contributed by atoms with Crippen molar-refractivity contribution >= 4 is 57.1 Å². The largest absolute Gasteiger partial charge is 0.453 e. The lowest BCUT2D eigenvalue weighted by atomic mass is 9.83. The molecular formula is C46H42I2N2O6. The normalized spacial score (nSPS) is 13.5. The molecule has 0 radical (unpaired) electrons. The fourth-order valence-electron chi connectivity index (χ4n) is 6.68. The van der Waals surface area contributed by atoms with Gasteiger partial charge in [-0.3, -0.25) is 11.5 Å². The van der Waals surface area contributed by atoms with Crippen molar-refractivity contribution in [2.24, 2.45) is 11.5 Å². The molecule has 6 aromatic rings. The van der Waals surface area contributed by atoms with Crippen LogP contribution in [-0.2, 0) is 41.8 Å². The number of nitrogens with two attached hydrogens (primary N) is 2. The predicted molar refractivity (Wildman–Crippen MR) is 233 cm³/mol. The molecule has 0 amide bonds. The van der Waals surface area contributed by atoms with Crippen molar-refractivity contribution in [3.63, 3.8) is 0 Å². The van der Waals surface area contributed by atoms with Gasteiger partial charge in [0, 0.05) is 7.14 Å². The van der Waals surface area contributed by atoms with Gasteiger partial charge in [-0.15, -0.1) is 0 Å². The van der Waals surface area contributed by atoms with Crippen molar-refractivity contribution in [3.8, 4) is 0 Å². The Morgan fingerprint density at radius 1 is 0.464 bits per heavy atom. The van der Waals surface area contributed by atoms with Crippen LogP contribution in [0.4, 0.5) is 0 Å². The lowest BCUT2D eigenvalue weighted by Crippen LogP contribution is -2.54. The minimum atomic E-state index is -1.61. The number of esters is 2. The highest BCUT2D eigenvalue weighted by molar-refractivity contribution is 14.1. The average molecular weight is 973 g/mol. The zero-order valence-corrected chi connectivity index (χ0v) is 34.8. The van der Waals surface area contributed by atoms with E-state index in [1.165, 1.54) is 0 Å². The van der Waals surface area contributed by atoms with Crippen molar-refractivity contribution < 1.29 is 28.5 Å². The molecule has 6 aromatic carbocycles. The first-order valence-electron chi connectivity index (χ1n) is 18.0. The summed E-state index contributed by atoms with van der Waals surface area (Å²) in [6.07, 6.45) is 0. The Kier molecular flexibility index (Phi) is 14.4. The molecule has 0 spiro atoms. The first-order chi connectivity index (χ1) is 27.1. The maximum Gasteiger partial charge on any atom is 0.417 e. The maximum atomic E-state index is 13.6. The standard InChI is InChI=1S/C46H42I2N2O6/c47-39-25-13-15-33(27-39)29-55-45(49,41(35-17-5-1-6-18-35)36-19-7-2-8-20-36)31-53-43(51)44(52)54-32-46(50,56-30-34-16-14-26-40(48)28-34)42(37-21-9-3-10-22-37)38-23-11-4-12-24-38/h1-28,41-42H,29-32,49-50H2. The Morgan fingerprint density at radius 2 is 0.768 bits per heavy atom. The summed E-state index contributed by atoms with van der Waals surface area (Å²) in [5.41, 5.74) is 16.2. The summed E-state index contributed by atoms with van der Waals surface area (Å²) in [5, 5.41) is 0. The summed E-state index contributed by atoms with van der Waals surface area (Å²) in [7, 11) is 0. The quantitative estimate of drug-likeness (QED) is 0.0428. The molecule has 0 heterocycles. The SMILES string of the molecule is NC(COC(=O)C(=O)OCC(N)(OCc1cccc(I)c1)C(c1ccccc1)c1ccccc1)(OCc1cccc(I)c1)C(c1ccccc1)c1ccccc1. The predicted octanol–water partition coefficient (Wildman–Crippen LogP) is 8.69. The molecule has 2 atom stereocenters. The Labute approximate surface area is 354 Å². The van der Waals surface area contributed by atoms with Crippen LogP contribution >= 0.6 is 45.2 Å². The molecule has 0 saturated heterocycles. The van der Waals surface area contributed by atoms with Crippen molar-refractivity contribution in [1.82, 2.24) is 0 Å². The third kappa shape index (κ3) is 10.9. The Hall–Kier alpha value is -4.44. The van der Waals surface area contributed by atoms with E-state index in [2.05, 4.69) is 45.2 Å². The van der Waals surface area contributed by atoms with Crippen LogP contribution in [0.15, 0.2) is 170 Å². The summed E-state index contributed by atoms with van der Waals surface area (Å²) in [4.78, 5) is 27.1. The van der Waals surface area contributed by atoms with Crippen LogP contribution in [0.3, 0.4) is 0 Å². The molecule has 0 aromatic heterocycles. The molecule has 8 nitrogen and oxygen atoms in total. The molecule has 56 heavy (non-hydrogen) atoms. The third-order valence-corrected chi connectivity index (χ3v) is 10.7. The molecule has 286 valence electrons. The molecule has 0 aliphatic heterocycles. The van der Waals surface area contributed by atoms with Gasteiger partial charge in [0.2, 0.25) is 0 Å². The second kappa shape index (κ2) is 19.6. The molecule has 0 fully saturated rings. The van der Waals surface area contributed by atoms with E-state index in [9.17, 15) is 9.59 Å². The fourth-order valence-corrected chi connectivity index (χ4v) is 7.89. The summed E-state index contributed by atoms with van der Waals surface area (Å²) in [5.74, 6) is -3.65. The number of rotatable bonds is 16. The highest BCUT2D eigenvalue weighted by atomic mass is 127. The highest BCUT2D eigenvalue weighted by Crippen LogP contribution is 2.37. The van der Waals surface area contributed by atoms with Gasteiger partial charge >= 0.3 is 11.9 Å². The summed E-state index contributed by atoms with van der Waals surface area (Å²) in [6, 6.07) is 54.1. The highest BCUT2D eigenvalue weighted by Gasteiger charge is 2.43. The van der Waals surface area contributed by atoms with Crippen LogP contribution in [0.5, 0.6) is 0 Å². The van der Waals surface area contributed by atoms with Gasteiger partial charge in [-0.1, -0.05) is 146 Å². The van der Waals surface area contributed by atoms with Crippen LogP contribution in [0.25, 0.3) is 0 Å². The van der Waals surface area contributed by atoms with Crippen LogP contribution in [-0.4, -0.2) is 36.6 Å². The topological polar surface area (TPSA) is 123 Å². The van der Waals surface area contributed by atoms with Crippen molar-refractivity contribution in [2.75, 3.05) is 13.2 Å². The van der Waals surface area contributed by atoms with Crippen molar-refractivity contribution in [3.05, 3.63) is 210 Å². The van der Waals surface area contributed by atoms with Gasteiger partial charge in [-0.25, -0.2) is 9.59 Å². The van der Waals surface area contributed by atoms with Crippen LogP contribution in [0.1, 0.15) is 45.2 Å². The first kappa shape index (κ1) is 41.2. The smallest absolute Gasteiger partial charge is 0.417 e. The van der Waals surface area contributed by atoms with E-state index in [4.69, 9.17) is 30.4 Å². The van der Waals surface area contributed by atoms with E-state index >= 15 is 0 Å². The Morgan fingerprint density at radius 3 is 1.05 bits per heavy atom. The number of carbonyl (C=O) groups excluding carboxylic acids is 2. The minimum Gasteiger partial charge on any atom is -0.453 e. The average Bonchev–Trinajstić information content (AvgIpc) is 3.22. The van der Waals surface area contributed by atoms with Crippen molar-refractivity contribution in [1.29, 1.82) is 0 Å².